The van der Waals surface area contributed by atoms with Crippen molar-refractivity contribution in [2.24, 2.45) is 17.8 Å². The van der Waals surface area contributed by atoms with E-state index in [-0.39, 0.29) is 24.9 Å². The van der Waals surface area contributed by atoms with E-state index >= 15 is 0 Å². The summed E-state index contributed by atoms with van der Waals surface area (Å²) in [7, 11) is -2.55. The number of alkyl halides is 2. The molecule has 1 aliphatic carbocycles. The molecule has 6 rings (SSSR count). The van der Waals surface area contributed by atoms with Gasteiger partial charge in [0.1, 0.15) is 5.60 Å². The van der Waals surface area contributed by atoms with Gasteiger partial charge in [0.25, 0.3) is 5.92 Å². The molecule has 1 unspecified atom stereocenters. The van der Waals surface area contributed by atoms with Crippen LogP contribution in [0.1, 0.15) is 38.3 Å². The number of pyridine rings is 1. The van der Waals surface area contributed by atoms with Crippen molar-refractivity contribution in [2.75, 3.05) is 48.4 Å². The Balaban J connectivity index is 1.15. The number of likely N-dealkylation sites (tertiary alicyclic amines) is 2. The third-order valence-corrected chi connectivity index (χ3v) is 10.4. The van der Waals surface area contributed by atoms with Crippen molar-refractivity contribution >= 4 is 27.8 Å². The van der Waals surface area contributed by atoms with E-state index in [9.17, 15) is 22.0 Å². The van der Waals surface area contributed by atoms with Crippen molar-refractivity contribution < 1.29 is 26.7 Å². The third kappa shape index (κ3) is 5.24. The minimum atomic E-state index is -3.96. The van der Waals surface area contributed by atoms with Crippen LogP contribution in [-0.4, -0.2) is 80.6 Å². The van der Waals surface area contributed by atoms with Crippen LogP contribution in [0, 0.1) is 24.7 Å². The zero-order chi connectivity index (χ0) is 29.5. The van der Waals surface area contributed by atoms with Crippen LogP contribution in [0.5, 0.6) is 0 Å². The first-order valence-electron chi connectivity index (χ1n) is 14.1. The monoisotopic (exact) mass is 589 g/mol. The molecular formula is C29H37F2N5O4S. The number of hydrogen-bond donors (Lipinski definition) is 0. The maximum absolute atomic E-state index is 13.6. The summed E-state index contributed by atoms with van der Waals surface area (Å²) < 4.78 is 60.9. The summed E-state index contributed by atoms with van der Waals surface area (Å²) in [5.74, 6) is -2.70. The number of aryl methyl sites for hydroxylation is 1. The molecule has 2 aromatic rings. The number of carbonyl (C=O) groups excluding carboxylic acids is 1. The number of hydrogen-bond acceptors (Lipinski definition) is 6. The molecule has 4 aliphatic rings. The molecule has 41 heavy (non-hydrogen) atoms. The Bertz CT molecular complexity index is 1480. The number of fused-ring (bicyclic) bond motifs is 2. The highest BCUT2D eigenvalue weighted by Crippen LogP contribution is 2.51. The summed E-state index contributed by atoms with van der Waals surface area (Å²) in [4.78, 5) is 21.4. The summed E-state index contributed by atoms with van der Waals surface area (Å²) in [6.45, 7) is 11.4. The van der Waals surface area contributed by atoms with E-state index < -0.39 is 27.7 Å². The van der Waals surface area contributed by atoms with Gasteiger partial charge in [0, 0.05) is 64.2 Å². The first-order chi connectivity index (χ1) is 19.1. The molecule has 0 radical (unpaired) electrons. The van der Waals surface area contributed by atoms with Crippen LogP contribution < -0.4 is 8.61 Å². The molecule has 3 atom stereocenters. The van der Waals surface area contributed by atoms with E-state index in [2.05, 4.69) is 17.0 Å². The summed E-state index contributed by atoms with van der Waals surface area (Å²) in [6.07, 6.45) is -0.536. The van der Waals surface area contributed by atoms with Gasteiger partial charge in [-0.3, -0.25) is 4.90 Å². The molecule has 3 fully saturated rings. The Morgan fingerprint density at radius 3 is 2.37 bits per heavy atom. The number of aromatic nitrogens is 1. The van der Waals surface area contributed by atoms with Crippen LogP contribution >= 0.6 is 0 Å². The molecule has 1 saturated carbocycles. The van der Waals surface area contributed by atoms with Crippen LogP contribution in [-0.2, 0) is 21.5 Å². The molecule has 12 heteroatoms. The Morgan fingerprint density at radius 1 is 1.10 bits per heavy atom. The molecule has 0 N–H and O–H groups in total. The van der Waals surface area contributed by atoms with Crippen molar-refractivity contribution in [3.05, 3.63) is 41.5 Å². The van der Waals surface area contributed by atoms with Gasteiger partial charge in [-0.15, -0.1) is 0 Å². The predicted molar refractivity (Wildman–Crippen MR) is 152 cm³/mol. The lowest BCUT2D eigenvalue weighted by atomic mass is 10.0. The average Bonchev–Trinajstić information content (AvgIpc) is 3.13. The SMILES string of the molecule is Cc1ccc(CN2C[C@@H]3CN(C(=O)OC(C)(C)C)C[C@@H]3C2)cc1-c1ccc2c(n1)N(C)S(=O)(=O)N2CC1CC1(F)F. The van der Waals surface area contributed by atoms with E-state index in [0.717, 1.165) is 44.9 Å². The predicted octanol–water partition coefficient (Wildman–Crippen LogP) is 4.51. The van der Waals surface area contributed by atoms with Crippen LogP contribution in [0.25, 0.3) is 11.3 Å². The van der Waals surface area contributed by atoms with Crippen LogP contribution in [0.15, 0.2) is 30.3 Å². The van der Waals surface area contributed by atoms with Crippen LogP contribution in [0.4, 0.5) is 25.1 Å². The topological polar surface area (TPSA) is 86.3 Å². The lowest BCUT2D eigenvalue weighted by Gasteiger charge is -2.26. The second-order valence-electron chi connectivity index (χ2n) is 13.0. The summed E-state index contributed by atoms with van der Waals surface area (Å²) in [5, 5.41) is 0. The van der Waals surface area contributed by atoms with Gasteiger partial charge in [0.15, 0.2) is 5.82 Å². The van der Waals surface area contributed by atoms with Gasteiger partial charge in [-0.1, -0.05) is 12.1 Å². The highest BCUT2D eigenvalue weighted by atomic mass is 32.2. The smallest absolute Gasteiger partial charge is 0.410 e. The zero-order valence-electron chi connectivity index (χ0n) is 24.1. The molecule has 1 aromatic carbocycles. The third-order valence-electron chi connectivity index (χ3n) is 8.59. The normalized spacial score (nSPS) is 26.3. The van der Waals surface area contributed by atoms with Crippen LogP contribution in [0.3, 0.4) is 0 Å². The number of benzene rings is 1. The van der Waals surface area contributed by atoms with Gasteiger partial charge < -0.3 is 9.64 Å². The van der Waals surface area contributed by atoms with E-state index in [1.807, 2.05) is 38.7 Å². The molecule has 4 heterocycles. The molecule has 2 saturated heterocycles. The molecular weight excluding hydrogens is 552 g/mol. The van der Waals surface area contributed by atoms with Crippen molar-refractivity contribution in [1.82, 2.24) is 14.8 Å². The molecule has 0 bridgehead atoms. The van der Waals surface area contributed by atoms with E-state index in [1.165, 1.54) is 7.05 Å². The average molecular weight is 590 g/mol. The number of halogens is 2. The largest absolute Gasteiger partial charge is 0.444 e. The first-order valence-corrected chi connectivity index (χ1v) is 15.5. The molecule has 9 nitrogen and oxygen atoms in total. The zero-order valence-corrected chi connectivity index (χ0v) is 24.9. The van der Waals surface area contributed by atoms with Gasteiger partial charge >= 0.3 is 16.3 Å². The number of carbonyl (C=O) groups is 1. The molecule has 1 amide bonds. The van der Waals surface area contributed by atoms with Gasteiger partial charge in [-0.2, -0.15) is 8.42 Å². The maximum Gasteiger partial charge on any atom is 0.410 e. The number of nitrogens with zero attached hydrogens (tertiary/aromatic N) is 5. The first kappa shape index (κ1) is 28.1. The standard InChI is InChI=1S/C29H37F2N5O4S/c1-18-6-7-19(12-34-13-20-15-35(16-21(20)14-34)27(37)40-28(2,3)4)10-23(18)24-8-9-25-26(32-24)33(5)41(38,39)36(25)17-22-11-29(22,30)31/h6-10,20-22H,11-17H2,1-5H3/t20-,21+,22?. The van der Waals surface area contributed by atoms with Gasteiger partial charge in [-0.25, -0.2) is 27.2 Å². The summed E-state index contributed by atoms with van der Waals surface area (Å²) in [5.41, 5.74) is 3.49. The Labute approximate surface area is 240 Å². The molecule has 0 spiro atoms. The lowest BCUT2D eigenvalue weighted by Crippen LogP contribution is -2.37. The fraction of sp³-hybridized carbons (Fsp3) is 0.586. The fourth-order valence-electron chi connectivity index (χ4n) is 6.26. The number of amides is 1. The second kappa shape index (κ2) is 9.52. The van der Waals surface area contributed by atoms with Gasteiger partial charge in [0.2, 0.25) is 0 Å². The summed E-state index contributed by atoms with van der Waals surface area (Å²) in [6, 6.07) is 9.67. The highest BCUT2D eigenvalue weighted by Gasteiger charge is 2.59. The molecule has 3 aliphatic heterocycles. The second-order valence-corrected chi connectivity index (χ2v) is 14.8. The minimum absolute atomic E-state index is 0.240. The van der Waals surface area contributed by atoms with Gasteiger partial charge in [-0.05, 0) is 68.9 Å². The minimum Gasteiger partial charge on any atom is -0.444 e. The maximum atomic E-state index is 13.6. The number of anilines is 2. The van der Waals surface area contributed by atoms with Gasteiger partial charge in [0.05, 0.1) is 11.4 Å². The Morgan fingerprint density at radius 2 is 1.76 bits per heavy atom. The lowest BCUT2D eigenvalue weighted by molar-refractivity contribution is 0.0274. The van der Waals surface area contributed by atoms with Crippen LogP contribution in [0.2, 0.25) is 0 Å². The van der Waals surface area contributed by atoms with Crippen molar-refractivity contribution in [3.8, 4) is 11.3 Å². The quantitative estimate of drug-likeness (QED) is 0.510. The highest BCUT2D eigenvalue weighted by molar-refractivity contribution is 7.94. The number of rotatable bonds is 5. The van der Waals surface area contributed by atoms with Crippen molar-refractivity contribution in [1.29, 1.82) is 0 Å². The van der Waals surface area contributed by atoms with Crippen molar-refractivity contribution in [3.63, 3.8) is 0 Å². The molecule has 222 valence electrons. The van der Waals surface area contributed by atoms with Crippen molar-refractivity contribution in [2.45, 2.75) is 52.2 Å². The van der Waals surface area contributed by atoms with E-state index in [0.29, 0.717) is 36.3 Å². The van der Waals surface area contributed by atoms with E-state index in [4.69, 9.17) is 9.72 Å². The number of ether oxygens (including phenoxy) is 1. The Kier molecular flexibility index (Phi) is 6.53. The molecule has 1 aromatic heterocycles. The Hall–Kier alpha value is -2.99. The van der Waals surface area contributed by atoms with E-state index in [1.54, 1.807) is 12.1 Å². The summed E-state index contributed by atoms with van der Waals surface area (Å²) >= 11 is 0. The fourth-order valence-corrected chi connectivity index (χ4v) is 7.66.